The van der Waals surface area contributed by atoms with Crippen molar-refractivity contribution in [3.8, 4) is 5.69 Å². The average molecular weight is 228 g/mol. The predicted octanol–water partition coefficient (Wildman–Crippen LogP) is 3.77. The van der Waals surface area contributed by atoms with Crippen LogP contribution in [0.3, 0.4) is 0 Å². The molecule has 0 aliphatic heterocycles. The van der Waals surface area contributed by atoms with E-state index in [-0.39, 0.29) is 5.41 Å². The Hall–Kier alpha value is -1.57. The average Bonchev–Trinajstić information content (AvgIpc) is 2.63. The first kappa shape index (κ1) is 11.9. The van der Waals surface area contributed by atoms with Crippen molar-refractivity contribution in [2.24, 2.45) is 5.41 Å². The molecule has 0 N–H and O–H groups in total. The van der Waals surface area contributed by atoms with Crippen LogP contribution in [0, 0.1) is 12.3 Å². The number of benzene rings is 1. The van der Waals surface area contributed by atoms with Gasteiger partial charge in [0.05, 0.1) is 0 Å². The molecular formula is C15H20N2. The number of nitrogens with zero attached hydrogens (tertiary/aromatic N) is 2. The van der Waals surface area contributed by atoms with Crippen LogP contribution in [0.2, 0.25) is 0 Å². The third-order valence-corrected chi connectivity index (χ3v) is 2.69. The largest absolute Gasteiger partial charge is 0.304 e. The minimum atomic E-state index is 0.257. The Bertz CT molecular complexity index is 504. The number of hydrogen-bond donors (Lipinski definition) is 0. The number of imidazole rings is 1. The van der Waals surface area contributed by atoms with Crippen molar-refractivity contribution >= 4 is 0 Å². The minimum absolute atomic E-state index is 0.257. The van der Waals surface area contributed by atoms with Crippen molar-refractivity contribution in [1.82, 2.24) is 9.55 Å². The highest BCUT2D eigenvalue weighted by atomic mass is 15.1. The molecule has 0 unspecified atom stereocenters. The molecule has 0 aliphatic carbocycles. The Morgan fingerprint density at radius 3 is 2.65 bits per heavy atom. The molecule has 0 aliphatic rings. The standard InChI is InChI=1S/C15H20N2/c1-12-6-5-7-13(10-12)17-9-8-16-14(17)11-15(2,3)4/h5-10H,11H2,1-4H3. The summed E-state index contributed by atoms with van der Waals surface area (Å²) in [6.45, 7) is 8.83. The predicted molar refractivity (Wildman–Crippen MR) is 71.5 cm³/mol. The summed E-state index contributed by atoms with van der Waals surface area (Å²) in [5.74, 6) is 1.13. The smallest absolute Gasteiger partial charge is 0.113 e. The van der Waals surface area contributed by atoms with Gasteiger partial charge >= 0.3 is 0 Å². The van der Waals surface area contributed by atoms with Gasteiger partial charge in [0.2, 0.25) is 0 Å². The van der Waals surface area contributed by atoms with E-state index in [1.165, 1.54) is 11.3 Å². The molecular weight excluding hydrogens is 208 g/mol. The summed E-state index contributed by atoms with van der Waals surface area (Å²) in [4.78, 5) is 4.47. The van der Waals surface area contributed by atoms with Gasteiger partial charge in [0.15, 0.2) is 0 Å². The van der Waals surface area contributed by atoms with E-state index in [9.17, 15) is 0 Å². The molecule has 0 saturated heterocycles. The normalized spacial score (nSPS) is 11.8. The van der Waals surface area contributed by atoms with E-state index in [0.29, 0.717) is 0 Å². The van der Waals surface area contributed by atoms with Gasteiger partial charge in [-0.05, 0) is 30.0 Å². The van der Waals surface area contributed by atoms with Crippen molar-refractivity contribution in [2.75, 3.05) is 0 Å². The Kier molecular flexibility index (Phi) is 3.05. The second-order valence-corrected chi connectivity index (χ2v) is 5.79. The number of aryl methyl sites for hydroxylation is 1. The van der Waals surface area contributed by atoms with Crippen molar-refractivity contribution in [1.29, 1.82) is 0 Å². The zero-order valence-electron chi connectivity index (χ0n) is 11.1. The van der Waals surface area contributed by atoms with Crippen LogP contribution >= 0.6 is 0 Å². The minimum Gasteiger partial charge on any atom is -0.304 e. The van der Waals surface area contributed by atoms with Crippen LogP contribution in [0.1, 0.15) is 32.2 Å². The molecule has 2 nitrogen and oxygen atoms in total. The molecule has 2 aromatic rings. The van der Waals surface area contributed by atoms with Gasteiger partial charge in [-0.2, -0.15) is 0 Å². The second-order valence-electron chi connectivity index (χ2n) is 5.79. The maximum absolute atomic E-state index is 4.47. The fourth-order valence-corrected chi connectivity index (χ4v) is 1.95. The summed E-state index contributed by atoms with van der Waals surface area (Å²) >= 11 is 0. The summed E-state index contributed by atoms with van der Waals surface area (Å²) in [6.07, 6.45) is 4.90. The van der Waals surface area contributed by atoms with Crippen molar-refractivity contribution in [3.05, 3.63) is 48.0 Å². The van der Waals surface area contributed by atoms with Crippen LogP contribution in [0.4, 0.5) is 0 Å². The van der Waals surface area contributed by atoms with Gasteiger partial charge < -0.3 is 4.57 Å². The van der Waals surface area contributed by atoms with E-state index in [4.69, 9.17) is 0 Å². The van der Waals surface area contributed by atoms with E-state index in [2.05, 4.69) is 61.5 Å². The van der Waals surface area contributed by atoms with Crippen molar-refractivity contribution in [2.45, 2.75) is 34.1 Å². The van der Waals surface area contributed by atoms with Gasteiger partial charge in [-0.1, -0.05) is 32.9 Å². The highest BCUT2D eigenvalue weighted by molar-refractivity contribution is 5.36. The van der Waals surface area contributed by atoms with E-state index < -0.39 is 0 Å². The Balaban J connectivity index is 2.37. The van der Waals surface area contributed by atoms with Gasteiger partial charge in [0, 0.05) is 24.5 Å². The summed E-state index contributed by atoms with van der Waals surface area (Å²) in [6, 6.07) is 8.52. The topological polar surface area (TPSA) is 17.8 Å². The SMILES string of the molecule is Cc1cccc(-n2ccnc2CC(C)(C)C)c1. The monoisotopic (exact) mass is 228 g/mol. The van der Waals surface area contributed by atoms with E-state index in [0.717, 1.165) is 12.2 Å². The number of hydrogen-bond acceptors (Lipinski definition) is 1. The Morgan fingerprint density at radius 1 is 1.24 bits per heavy atom. The van der Waals surface area contributed by atoms with Crippen LogP contribution in [-0.4, -0.2) is 9.55 Å². The van der Waals surface area contributed by atoms with Gasteiger partial charge in [-0.15, -0.1) is 0 Å². The van der Waals surface area contributed by atoms with E-state index in [1.54, 1.807) is 0 Å². The maximum Gasteiger partial charge on any atom is 0.113 e. The van der Waals surface area contributed by atoms with Crippen LogP contribution in [-0.2, 0) is 6.42 Å². The lowest BCUT2D eigenvalue weighted by atomic mass is 9.92. The quantitative estimate of drug-likeness (QED) is 0.765. The molecule has 1 heterocycles. The van der Waals surface area contributed by atoms with E-state index in [1.807, 2.05) is 12.4 Å². The van der Waals surface area contributed by atoms with Crippen LogP contribution in [0.25, 0.3) is 5.69 Å². The lowest BCUT2D eigenvalue weighted by Crippen LogP contribution is -2.13. The van der Waals surface area contributed by atoms with Gasteiger partial charge in [0.1, 0.15) is 5.82 Å². The first-order valence-corrected chi connectivity index (χ1v) is 6.05. The summed E-state index contributed by atoms with van der Waals surface area (Å²) in [7, 11) is 0. The summed E-state index contributed by atoms with van der Waals surface area (Å²) in [5, 5.41) is 0. The zero-order valence-corrected chi connectivity index (χ0v) is 11.1. The van der Waals surface area contributed by atoms with Gasteiger partial charge in [-0.25, -0.2) is 4.98 Å². The Labute approximate surface area is 103 Å². The van der Waals surface area contributed by atoms with Crippen LogP contribution in [0.15, 0.2) is 36.7 Å². The van der Waals surface area contributed by atoms with Gasteiger partial charge in [-0.3, -0.25) is 0 Å². The van der Waals surface area contributed by atoms with Crippen molar-refractivity contribution in [3.63, 3.8) is 0 Å². The molecule has 2 heteroatoms. The number of rotatable bonds is 2. The number of aromatic nitrogens is 2. The first-order valence-electron chi connectivity index (χ1n) is 6.05. The molecule has 0 saturated carbocycles. The summed E-state index contributed by atoms with van der Waals surface area (Å²) < 4.78 is 2.18. The van der Waals surface area contributed by atoms with Crippen molar-refractivity contribution < 1.29 is 0 Å². The zero-order chi connectivity index (χ0) is 12.5. The fourth-order valence-electron chi connectivity index (χ4n) is 1.95. The third kappa shape index (κ3) is 2.96. The third-order valence-electron chi connectivity index (χ3n) is 2.69. The summed E-state index contributed by atoms with van der Waals surface area (Å²) in [5.41, 5.74) is 2.73. The van der Waals surface area contributed by atoms with Crippen LogP contribution in [0.5, 0.6) is 0 Å². The lowest BCUT2D eigenvalue weighted by Gasteiger charge is -2.18. The maximum atomic E-state index is 4.47. The molecule has 0 bridgehead atoms. The van der Waals surface area contributed by atoms with E-state index >= 15 is 0 Å². The molecule has 0 fully saturated rings. The van der Waals surface area contributed by atoms with Gasteiger partial charge in [0.25, 0.3) is 0 Å². The first-order chi connectivity index (χ1) is 7.96. The molecule has 1 aromatic heterocycles. The molecule has 0 radical (unpaired) electrons. The Morgan fingerprint density at radius 2 is 2.00 bits per heavy atom. The molecule has 0 spiro atoms. The molecule has 0 amide bonds. The lowest BCUT2D eigenvalue weighted by molar-refractivity contribution is 0.398. The van der Waals surface area contributed by atoms with Crippen LogP contribution < -0.4 is 0 Å². The molecule has 2 rings (SSSR count). The highest BCUT2D eigenvalue weighted by Gasteiger charge is 2.15. The second kappa shape index (κ2) is 4.36. The highest BCUT2D eigenvalue weighted by Crippen LogP contribution is 2.21. The molecule has 17 heavy (non-hydrogen) atoms. The molecule has 1 aromatic carbocycles. The fraction of sp³-hybridized carbons (Fsp3) is 0.400. The molecule has 90 valence electrons. The molecule has 0 atom stereocenters.